The Labute approximate surface area is 108 Å². The first-order valence-electron chi connectivity index (χ1n) is 5.62. The topological polar surface area (TPSA) is 81.2 Å². The van der Waals surface area contributed by atoms with Crippen LogP contribution in [0.1, 0.15) is 17.0 Å². The summed E-state index contributed by atoms with van der Waals surface area (Å²) in [7, 11) is 0. The van der Waals surface area contributed by atoms with E-state index in [-0.39, 0.29) is 0 Å². The molecule has 0 aliphatic rings. The maximum Gasteiger partial charge on any atom is 0.304 e. The Bertz CT molecular complexity index is 598. The summed E-state index contributed by atoms with van der Waals surface area (Å²) >= 11 is 0. The lowest BCUT2D eigenvalue weighted by Crippen LogP contribution is -2.13. The van der Waals surface area contributed by atoms with Gasteiger partial charge in [0.25, 0.3) is 0 Å². The maximum absolute atomic E-state index is 13.4. The van der Waals surface area contributed by atoms with Crippen molar-refractivity contribution in [1.82, 2.24) is 10.5 Å². The molecular weight excluding hydrogens is 253 g/mol. The highest BCUT2D eigenvalue weighted by molar-refractivity contribution is 5.34. The van der Waals surface area contributed by atoms with Gasteiger partial charge in [-0.25, -0.2) is 0 Å². The monoisotopic (exact) mass is 265 g/mol. The number of aryl methyl sites for hydroxylation is 1. The first-order chi connectivity index (χ1) is 9.06. The van der Waals surface area contributed by atoms with Crippen LogP contribution in [0.4, 0.5) is 10.1 Å². The minimum absolute atomic E-state index is 0.390. The SMILES string of the molecule is Cc1cc(CNCc2ccc([N+](=O)[O-])c(F)c2)no1. The molecule has 0 spiro atoms. The van der Waals surface area contributed by atoms with E-state index < -0.39 is 16.4 Å². The molecule has 19 heavy (non-hydrogen) atoms. The molecule has 7 heteroatoms. The van der Waals surface area contributed by atoms with Gasteiger partial charge in [-0.05, 0) is 18.6 Å². The molecule has 0 saturated carbocycles. The summed E-state index contributed by atoms with van der Waals surface area (Å²) in [6.45, 7) is 2.67. The summed E-state index contributed by atoms with van der Waals surface area (Å²) in [6.07, 6.45) is 0. The lowest BCUT2D eigenvalue weighted by atomic mass is 10.2. The number of nitrogens with one attached hydrogen (secondary N) is 1. The average molecular weight is 265 g/mol. The molecule has 0 atom stereocenters. The van der Waals surface area contributed by atoms with E-state index in [0.717, 1.165) is 23.6 Å². The smallest absolute Gasteiger partial charge is 0.304 e. The van der Waals surface area contributed by atoms with Crippen molar-refractivity contribution >= 4 is 5.69 Å². The van der Waals surface area contributed by atoms with Crippen LogP contribution in [0, 0.1) is 22.9 Å². The standard InChI is InChI=1S/C12H12FN3O3/c1-8-4-10(15-19-8)7-14-6-9-2-3-12(16(17)18)11(13)5-9/h2-5,14H,6-7H2,1H3. The predicted octanol–water partition coefficient (Wildman–Crippen LogP) is 2.32. The zero-order valence-electron chi connectivity index (χ0n) is 10.2. The number of rotatable bonds is 5. The van der Waals surface area contributed by atoms with Crippen molar-refractivity contribution in [3.63, 3.8) is 0 Å². The fourth-order valence-electron chi connectivity index (χ4n) is 1.64. The number of aromatic nitrogens is 1. The molecule has 0 aliphatic heterocycles. The second-order valence-corrected chi connectivity index (χ2v) is 4.08. The highest BCUT2D eigenvalue weighted by Crippen LogP contribution is 2.17. The van der Waals surface area contributed by atoms with Crippen molar-refractivity contribution in [1.29, 1.82) is 0 Å². The van der Waals surface area contributed by atoms with Gasteiger partial charge in [0.05, 0.1) is 10.6 Å². The second kappa shape index (κ2) is 5.57. The number of benzene rings is 1. The molecule has 1 N–H and O–H groups in total. The van der Waals surface area contributed by atoms with Crippen molar-refractivity contribution in [2.75, 3.05) is 0 Å². The van der Waals surface area contributed by atoms with E-state index >= 15 is 0 Å². The van der Waals surface area contributed by atoms with Crippen LogP contribution in [0.5, 0.6) is 0 Å². The van der Waals surface area contributed by atoms with Crippen LogP contribution >= 0.6 is 0 Å². The molecular formula is C12H12FN3O3. The van der Waals surface area contributed by atoms with Crippen LogP contribution in [-0.2, 0) is 13.1 Å². The number of hydrogen-bond acceptors (Lipinski definition) is 5. The summed E-state index contributed by atoms with van der Waals surface area (Å²) < 4.78 is 18.3. The summed E-state index contributed by atoms with van der Waals surface area (Å²) in [4.78, 5) is 9.72. The fraction of sp³-hybridized carbons (Fsp3) is 0.250. The van der Waals surface area contributed by atoms with Gasteiger partial charge < -0.3 is 9.84 Å². The van der Waals surface area contributed by atoms with E-state index in [4.69, 9.17) is 4.52 Å². The summed E-state index contributed by atoms with van der Waals surface area (Å²) in [5.74, 6) is -0.111. The Morgan fingerprint density at radius 1 is 1.42 bits per heavy atom. The molecule has 0 radical (unpaired) electrons. The highest BCUT2D eigenvalue weighted by atomic mass is 19.1. The zero-order valence-corrected chi connectivity index (χ0v) is 10.2. The van der Waals surface area contributed by atoms with Crippen molar-refractivity contribution in [2.24, 2.45) is 0 Å². The van der Waals surface area contributed by atoms with Crippen molar-refractivity contribution in [2.45, 2.75) is 20.0 Å². The minimum atomic E-state index is -0.832. The number of hydrogen-bond donors (Lipinski definition) is 1. The third-order valence-corrected chi connectivity index (χ3v) is 2.52. The average Bonchev–Trinajstić information content (AvgIpc) is 2.75. The fourth-order valence-corrected chi connectivity index (χ4v) is 1.64. The van der Waals surface area contributed by atoms with Crippen LogP contribution in [-0.4, -0.2) is 10.1 Å². The maximum atomic E-state index is 13.4. The van der Waals surface area contributed by atoms with Gasteiger partial charge in [0.1, 0.15) is 5.76 Å². The Balaban J connectivity index is 1.93. The van der Waals surface area contributed by atoms with Crippen LogP contribution < -0.4 is 5.32 Å². The Morgan fingerprint density at radius 3 is 2.79 bits per heavy atom. The van der Waals surface area contributed by atoms with Gasteiger partial charge in [-0.15, -0.1) is 0 Å². The van der Waals surface area contributed by atoms with E-state index in [1.54, 1.807) is 13.0 Å². The Hall–Kier alpha value is -2.28. The Kier molecular flexibility index (Phi) is 3.86. The lowest BCUT2D eigenvalue weighted by Gasteiger charge is -2.03. The number of nitro benzene ring substituents is 1. The van der Waals surface area contributed by atoms with Gasteiger partial charge in [0, 0.05) is 25.2 Å². The van der Waals surface area contributed by atoms with Crippen LogP contribution in [0.3, 0.4) is 0 Å². The lowest BCUT2D eigenvalue weighted by molar-refractivity contribution is -0.387. The highest BCUT2D eigenvalue weighted by Gasteiger charge is 2.13. The molecule has 1 aromatic heterocycles. The van der Waals surface area contributed by atoms with E-state index in [0.29, 0.717) is 18.7 Å². The number of nitro groups is 1. The summed E-state index contributed by atoms with van der Waals surface area (Å²) in [6, 6.07) is 5.62. The van der Waals surface area contributed by atoms with Gasteiger partial charge in [-0.3, -0.25) is 10.1 Å². The molecule has 0 unspecified atom stereocenters. The largest absolute Gasteiger partial charge is 0.361 e. The van der Waals surface area contributed by atoms with Crippen molar-refractivity contribution < 1.29 is 13.8 Å². The molecule has 1 aromatic carbocycles. The van der Waals surface area contributed by atoms with E-state index in [9.17, 15) is 14.5 Å². The van der Waals surface area contributed by atoms with E-state index in [1.807, 2.05) is 0 Å². The van der Waals surface area contributed by atoms with Gasteiger partial charge in [-0.1, -0.05) is 11.2 Å². The molecule has 0 bridgehead atoms. The molecule has 0 fully saturated rings. The van der Waals surface area contributed by atoms with E-state index in [1.165, 1.54) is 6.07 Å². The van der Waals surface area contributed by atoms with Crippen LogP contribution in [0.15, 0.2) is 28.8 Å². The quantitative estimate of drug-likeness (QED) is 0.662. The number of nitrogens with zero attached hydrogens (tertiary/aromatic N) is 2. The molecule has 100 valence electrons. The molecule has 2 aromatic rings. The van der Waals surface area contributed by atoms with Gasteiger partial charge in [-0.2, -0.15) is 4.39 Å². The Morgan fingerprint density at radius 2 is 2.21 bits per heavy atom. The zero-order chi connectivity index (χ0) is 13.8. The van der Waals surface area contributed by atoms with Crippen LogP contribution in [0.25, 0.3) is 0 Å². The first kappa shape index (κ1) is 13.2. The molecule has 1 heterocycles. The third-order valence-electron chi connectivity index (χ3n) is 2.52. The van der Waals surface area contributed by atoms with Crippen molar-refractivity contribution in [3.8, 4) is 0 Å². The summed E-state index contributed by atoms with van der Waals surface area (Å²) in [5.41, 5.74) is 0.860. The van der Waals surface area contributed by atoms with Crippen LogP contribution in [0.2, 0.25) is 0 Å². The first-order valence-corrected chi connectivity index (χ1v) is 5.62. The third kappa shape index (κ3) is 3.35. The molecule has 2 rings (SSSR count). The molecule has 0 saturated heterocycles. The van der Waals surface area contributed by atoms with Gasteiger partial charge in [0.15, 0.2) is 0 Å². The van der Waals surface area contributed by atoms with Gasteiger partial charge in [0.2, 0.25) is 5.82 Å². The predicted molar refractivity (Wildman–Crippen MR) is 64.8 cm³/mol. The minimum Gasteiger partial charge on any atom is -0.361 e. The molecule has 0 aliphatic carbocycles. The molecule has 0 amide bonds. The van der Waals surface area contributed by atoms with Crippen molar-refractivity contribution in [3.05, 3.63) is 57.2 Å². The summed E-state index contributed by atoms with van der Waals surface area (Å²) in [5, 5.41) is 17.3. The van der Waals surface area contributed by atoms with Gasteiger partial charge >= 0.3 is 5.69 Å². The number of halogens is 1. The normalized spacial score (nSPS) is 10.6. The molecule has 6 nitrogen and oxygen atoms in total. The van der Waals surface area contributed by atoms with E-state index in [2.05, 4.69) is 10.5 Å². The second-order valence-electron chi connectivity index (χ2n) is 4.08.